The van der Waals surface area contributed by atoms with Gasteiger partial charge in [-0.3, -0.25) is 4.68 Å². The Labute approximate surface area is 231 Å². The predicted octanol–water partition coefficient (Wildman–Crippen LogP) is 8.75. The molecule has 1 heterocycles. The molecular formula is C29H27ClF6N2O2. The molecule has 214 valence electrons. The summed E-state index contributed by atoms with van der Waals surface area (Å²) in [6.45, 7) is 0.353. The van der Waals surface area contributed by atoms with Crippen molar-refractivity contribution in [1.82, 2.24) is 9.78 Å². The zero-order valence-electron chi connectivity index (χ0n) is 21.5. The third-order valence-corrected chi connectivity index (χ3v) is 9.17. The van der Waals surface area contributed by atoms with Gasteiger partial charge in [0, 0.05) is 18.0 Å². The van der Waals surface area contributed by atoms with E-state index in [2.05, 4.69) is 5.10 Å². The lowest BCUT2D eigenvalue weighted by Gasteiger charge is -2.56. The predicted molar refractivity (Wildman–Crippen MR) is 137 cm³/mol. The highest BCUT2D eigenvalue weighted by Crippen LogP contribution is 2.60. The Kier molecular flexibility index (Phi) is 6.36. The van der Waals surface area contributed by atoms with Crippen LogP contribution in [-0.4, -0.2) is 21.5 Å². The second-order valence-corrected chi connectivity index (χ2v) is 12.2. The van der Waals surface area contributed by atoms with E-state index < -0.39 is 34.4 Å². The van der Waals surface area contributed by atoms with E-state index in [0.29, 0.717) is 24.4 Å². The monoisotopic (exact) mass is 584 g/mol. The molecule has 4 aliphatic carbocycles. The number of hydrogen-bond donors (Lipinski definition) is 1. The molecule has 1 N–H and O–H groups in total. The molecule has 4 fully saturated rings. The molecule has 1 aromatic heterocycles. The van der Waals surface area contributed by atoms with E-state index in [4.69, 9.17) is 16.3 Å². The number of alkyl halides is 6. The summed E-state index contributed by atoms with van der Waals surface area (Å²) >= 11 is 5.85. The first-order valence-corrected chi connectivity index (χ1v) is 13.6. The van der Waals surface area contributed by atoms with Crippen LogP contribution in [0.2, 0.25) is 5.02 Å². The van der Waals surface area contributed by atoms with Gasteiger partial charge in [0.05, 0.1) is 28.5 Å². The molecule has 0 atom stereocenters. The summed E-state index contributed by atoms with van der Waals surface area (Å²) in [4.78, 5) is 0. The SMILES string of the molecule is Cn1nc(C(F)(F)F)cc1-c1ccc(OCC23C[C@H]4C[C@@H](C2)C[C@@H](C3)C4)c(-c2ccc(Cl)c(C(F)(F)F)c2)c1O. The maximum atomic E-state index is 13.7. The molecule has 0 aliphatic heterocycles. The van der Waals surface area contributed by atoms with E-state index in [1.807, 2.05) is 0 Å². The van der Waals surface area contributed by atoms with Gasteiger partial charge >= 0.3 is 12.4 Å². The number of hydrogen-bond acceptors (Lipinski definition) is 3. The second kappa shape index (κ2) is 9.33. The number of phenols is 1. The largest absolute Gasteiger partial charge is 0.506 e. The molecule has 4 aliphatic rings. The van der Waals surface area contributed by atoms with E-state index in [-0.39, 0.29) is 33.5 Å². The number of aromatic nitrogens is 2. The van der Waals surface area contributed by atoms with Gasteiger partial charge in [-0.15, -0.1) is 0 Å². The summed E-state index contributed by atoms with van der Waals surface area (Å²) in [6.07, 6.45) is -2.68. The fraction of sp³-hybridized carbons (Fsp3) is 0.483. The fourth-order valence-corrected chi connectivity index (χ4v) is 7.86. The number of halogens is 7. The van der Waals surface area contributed by atoms with Gasteiger partial charge in [0.1, 0.15) is 11.5 Å². The van der Waals surface area contributed by atoms with E-state index in [9.17, 15) is 31.4 Å². The number of aryl methyl sites for hydroxylation is 1. The number of aromatic hydroxyl groups is 1. The lowest BCUT2D eigenvalue weighted by molar-refractivity contribution is -0.141. The van der Waals surface area contributed by atoms with Crippen molar-refractivity contribution >= 4 is 11.6 Å². The maximum absolute atomic E-state index is 13.7. The van der Waals surface area contributed by atoms with Crippen LogP contribution in [0.4, 0.5) is 26.3 Å². The minimum atomic E-state index is -4.76. The van der Waals surface area contributed by atoms with Crippen molar-refractivity contribution in [2.24, 2.45) is 30.2 Å². The molecule has 7 rings (SSSR count). The second-order valence-electron chi connectivity index (χ2n) is 11.8. The van der Waals surface area contributed by atoms with E-state index in [1.54, 1.807) is 0 Å². The average Bonchev–Trinajstić information content (AvgIpc) is 3.24. The third kappa shape index (κ3) is 4.82. The van der Waals surface area contributed by atoms with Crippen LogP contribution < -0.4 is 4.74 Å². The Bertz CT molecular complexity index is 1430. The van der Waals surface area contributed by atoms with Crippen LogP contribution in [-0.2, 0) is 19.4 Å². The van der Waals surface area contributed by atoms with Gasteiger partial charge in [-0.05, 0) is 92.2 Å². The molecule has 0 unspecified atom stereocenters. The van der Waals surface area contributed by atoms with Crippen molar-refractivity contribution in [3.8, 4) is 33.9 Å². The molecule has 40 heavy (non-hydrogen) atoms. The Hall–Kier alpha value is -2.88. The molecule has 11 heteroatoms. The number of benzene rings is 2. The highest BCUT2D eigenvalue weighted by Gasteiger charge is 2.51. The van der Waals surface area contributed by atoms with Gasteiger partial charge in [0.15, 0.2) is 5.69 Å². The molecule has 0 radical (unpaired) electrons. The van der Waals surface area contributed by atoms with Crippen molar-refractivity contribution in [3.63, 3.8) is 0 Å². The third-order valence-electron chi connectivity index (χ3n) is 8.85. The number of rotatable bonds is 5. The Morgan fingerprint density at radius 1 is 0.950 bits per heavy atom. The maximum Gasteiger partial charge on any atom is 0.435 e. The quantitative estimate of drug-likeness (QED) is 0.305. The first kappa shape index (κ1) is 27.3. The Morgan fingerprint density at radius 3 is 2.12 bits per heavy atom. The highest BCUT2D eigenvalue weighted by molar-refractivity contribution is 6.31. The first-order valence-electron chi connectivity index (χ1n) is 13.2. The van der Waals surface area contributed by atoms with Gasteiger partial charge in [0.25, 0.3) is 0 Å². The van der Waals surface area contributed by atoms with Crippen LogP contribution in [0.15, 0.2) is 36.4 Å². The first-order chi connectivity index (χ1) is 18.7. The normalized spacial score (nSPS) is 25.9. The van der Waals surface area contributed by atoms with Gasteiger partial charge in [0.2, 0.25) is 0 Å². The van der Waals surface area contributed by atoms with Crippen molar-refractivity contribution in [1.29, 1.82) is 0 Å². The van der Waals surface area contributed by atoms with Crippen LogP contribution >= 0.6 is 11.6 Å². The van der Waals surface area contributed by atoms with Gasteiger partial charge < -0.3 is 9.84 Å². The van der Waals surface area contributed by atoms with Gasteiger partial charge in [-0.25, -0.2) is 0 Å². The summed E-state index contributed by atoms with van der Waals surface area (Å²) in [5.41, 5.74) is -2.41. The van der Waals surface area contributed by atoms with Crippen molar-refractivity contribution < 1.29 is 36.2 Å². The standard InChI is InChI=1S/C29H27ClF6N2O2/c1-38-22(10-24(37-38)29(34,35)36)19-3-5-23(40-14-27-11-15-6-16(12-27)8-17(7-15)13-27)25(26(19)39)18-2-4-21(30)20(9-18)28(31,32)33/h2-5,9-10,15-17,39H,6-8,11-14H2,1H3/t15-,16+,17-,27?. The summed E-state index contributed by atoms with van der Waals surface area (Å²) in [5.74, 6) is 1.62. The Balaban J connectivity index is 1.44. The van der Waals surface area contributed by atoms with E-state index in [0.717, 1.165) is 42.1 Å². The smallest absolute Gasteiger partial charge is 0.435 e. The topological polar surface area (TPSA) is 47.3 Å². The lowest BCUT2D eigenvalue weighted by atomic mass is 9.50. The van der Waals surface area contributed by atoms with Crippen LogP contribution in [0.3, 0.4) is 0 Å². The lowest BCUT2D eigenvalue weighted by Crippen LogP contribution is -2.48. The van der Waals surface area contributed by atoms with Crippen LogP contribution in [0, 0.1) is 23.2 Å². The summed E-state index contributed by atoms with van der Waals surface area (Å²) in [7, 11) is 1.30. The fourth-order valence-electron chi connectivity index (χ4n) is 7.63. The minimum Gasteiger partial charge on any atom is -0.506 e. The van der Waals surface area contributed by atoms with Crippen LogP contribution in [0.25, 0.3) is 22.4 Å². The van der Waals surface area contributed by atoms with Crippen molar-refractivity contribution in [2.45, 2.75) is 50.9 Å². The minimum absolute atomic E-state index is 0.0187. The van der Waals surface area contributed by atoms with E-state index in [1.165, 1.54) is 44.5 Å². The number of ether oxygens (including phenoxy) is 1. The van der Waals surface area contributed by atoms with Crippen LogP contribution in [0.5, 0.6) is 11.5 Å². The summed E-state index contributed by atoms with van der Waals surface area (Å²) in [5, 5.41) is 14.4. The van der Waals surface area contributed by atoms with Crippen molar-refractivity contribution in [3.05, 3.63) is 52.7 Å². The van der Waals surface area contributed by atoms with E-state index >= 15 is 0 Å². The summed E-state index contributed by atoms with van der Waals surface area (Å²) in [6, 6.07) is 6.93. The molecule has 0 amide bonds. The zero-order chi connectivity index (χ0) is 28.6. The number of phenolic OH excluding ortho intramolecular Hbond substituents is 1. The summed E-state index contributed by atoms with van der Waals surface area (Å²) < 4.78 is 88.5. The molecule has 4 saturated carbocycles. The molecule has 4 nitrogen and oxygen atoms in total. The Morgan fingerprint density at radius 2 is 1.57 bits per heavy atom. The number of nitrogens with zero attached hydrogens (tertiary/aromatic N) is 2. The highest BCUT2D eigenvalue weighted by atomic mass is 35.5. The van der Waals surface area contributed by atoms with Gasteiger partial charge in [-0.2, -0.15) is 31.4 Å². The van der Waals surface area contributed by atoms with Crippen LogP contribution in [0.1, 0.15) is 49.8 Å². The molecule has 0 saturated heterocycles. The van der Waals surface area contributed by atoms with Crippen molar-refractivity contribution in [2.75, 3.05) is 6.61 Å². The average molecular weight is 585 g/mol. The zero-order valence-corrected chi connectivity index (χ0v) is 22.3. The molecule has 3 aromatic rings. The molecular weight excluding hydrogens is 558 g/mol. The van der Waals surface area contributed by atoms with Gasteiger partial charge in [-0.1, -0.05) is 17.7 Å². The molecule has 2 aromatic carbocycles. The molecule has 4 bridgehead atoms. The molecule has 0 spiro atoms.